The fourth-order valence-electron chi connectivity index (χ4n) is 3.52. The molecule has 0 spiro atoms. The summed E-state index contributed by atoms with van der Waals surface area (Å²) in [6.45, 7) is 10.5. The van der Waals surface area contributed by atoms with Crippen molar-refractivity contribution >= 4 is 12.6 Å². The van der Waals surface area contributed by atoms with E-state index < -0.39 is 0 Å². The molecule has 164 valence electrons. The van der Waals surface area contributed by atoms with E-state index in [0.717, 1.165) is 81.7 Å². The van der Waals surface area contributed by atoms with Crippen LogP contribution in [-0.4, -0.2) is 48.0 Å². The largest absolute Gasteiger partial charge is 0.392 e. The maximum atomic E-state index is 6.30. The average Bonchev–Trinajstić information content (AvgIpc) is 3.19. The van der Waals surface area contributed by atoms with Gasteiger partial charge in [0, 0.05) is 56.2 Å². The van der Waals surface area contributed by atoms with Gasteiger partial charge in [-0.25, -0.2) is 0 Å². The number of hydrogen-bond donors (Lipinski definition) is 5. The van der Waals surface area contributed by atoms with Crippen molar-refractivity contribution in [2.45, 2.75) is 62.3 Å². The third-order valence-electron chi connectivity index (χ3n) is 5.61. The zero-order chi connectivity index (χ0) is 21.2. The lowest BCUT2D eigenvalue weighted by Gasteiger charge is -2.33. The number of nitrogens with one attached hydrogen (secondary N) is 2. The van der Waals surface area contributed by atoms with Gasteiger partial charge in [-0.1, -0.05) is 18.3 Å². The van der Waals surface area contributed by atoms with Gasteiger partial charge in [-0.05, 0) is 38.5 Å². The Bertz CT molecular complexity index is 641. The lowest BCUT2D eigenvalue weighted by atomic mass is 10.0. The second-order valence-corrected chi connectivity index (χ2v) is 8.64. The van der Waals surface area contributed by atoms with E-state index in [1.54, 1.807) is 0 Å². The molecule has 0 saturated carbocycles. The number of hydrogen-bond acceptors (Lipinski definition) is 8. The Morgan fingerprint density at radius 3 is 2.72 bits per heavy atom. The van der Waals surface area contributed by atoms with Crippen molar-refractivity contribution in [3.8, 4) is 0 Å². The summed E-state index contributed by atoms with van der Waals surface area (Å²) in [4.78, 5) is 2.13. The second kappa shape index (κ2) is 12.1. The third-order valence-corrected chi connectivity index (χ3v) is 6.12. The van der Waals surface area contributed by atoms with E-state index >= 15 is 0 Å². The van der Waals surface area contributed by atoms with Crippen molar-refractivity contribution in [1.82, 2.24) is 20.7 Å². The summed E-state index contributed by atoms with van der Waals surface area (Å²) in [6.07, 6.45) is 6.68. The molecule has 0 bridgehead atoms. The van der Waals surface area contributed by atoms with Gasteiger partial charge in [0.1, 0.15) is 11.5 Å². The summed E-state index contributed by atoms with van der Waals surface area (Å²) in [5.74, 6) is 1.55. The predicted molar refractivity (Wildman–Crippen MR) is 123 cm³/mol. The maximum Gasteiger partial charge on any atom is 0.138 e. The minimum Gasteiger partial charge on any atom is -0.392 e. The van der Waals surface area contributed by atoms with Gasteiger partial charge >= 0.3 is 0 Å². The molecule has 0 aromatic carbocycles. The third kappa shape index (κ3) is 8.32. The number of piperidine rings is 1. The van der Waals surface area contributed by atoms with Crippen LogP contribution in [0, 0.1) is 0 Å². The van der Waals surface area contributed by atoms with Crippen LogP contribution in [0.15, 0.2) is 35.3 Å². The highest BCUT2D eigenvalue weighted by atomic mass is 32.1. The summed E-state index contributed by atoms with van der Waals surface area (Å²) in [7, 11) is 1.89. The van der Waals surface area contributed by atoms with Crippen molar-refractivity contribution in [3.05, 3.63) is 42.2 Å². The molecule has 1 aromatic rings. The van der Waals surface area contributed by atoms with Crippen LogP contribution in [0.2, 0.25) is 0 Å². The monoisotopic (exact) mass is 422 g/mol. The number of thiol groups is 1. The van der Waals surface area contributed by atoms with E-state index in [1.165, 1.54) is 0 Å². The highest BCUT2D eigenvalue weighted by Crippen LogP contribution is 2.21. The van der Waals surface area contributed by atoms with Gasteiger partial charge in [-0.2, -0.15) is 12.6 Å². The minimum atomic E-state index is -0.115. The number of nitrogens with zero attached hydrogens (tertiary/aromatic N) is 2. The van der Waals surface area contributed by atoms with Crippen LogP contribution in [0.25, 0.3) is 0 Å². The van der Waals surface area contributed by atoms with Gasteiger partial charge < -0.3 is 31.5 Å². The smallest absolute Gasteiger partial charge is 0.138 e. The molecule has 1 aliphatic heterocycles. The summed E-state index contributed by atoms with van der Waals surface area (Å²) in [6, 6.07) is 2.39. The van der Waals surface area contributed by atoms with E-state index in [-0.39, 0.29) is 6.04 Å². The molecule has 0 unspecified atom stereocenters. The molecule has 6 N–H and O–H groups in total. The molecule has 1 fully saturated rings. The Morgan fingerprint density at radius 2 is 2.07 bits per heavy atom. The van der Waals surface area contributed by atoms with Gasteiger partial charge in [-0.15, -0.1) is 0 Å². The first-order valence-electron chi connectivity index (χ1n) is 10.6. The Balaban J connectivity index is 1.64. The molecule has 0 radical (unpaired) electrons. The molecule has 0 aliphatic carbocycles. The van der Waals surface area contributed by atoms with Crippen molar-refractivity contribution in [1.29, 1.82) is 0 Å². The first-order chi connectivity index (χ1) is 13.9. The van der Waals surface area contributed by atoms with Crippen LogP contribution in [0.3, 0.4) is 0 Å². The maximum absolute atomic E-state index is 6.30. The normalized spacial score (nSPS) is 17.1. The Hall–Kier alpha value is -1.64. The molecular formula is C21H38N6OS. The minimum absolute atomic E-state index is 0.115. The van der Waals surface area contributed by atoms with Crippen LogP contribution in [0.1, 0.15) is 56.0 Å². The van der Waals surface area contributed by atoms with Gasteiger partial charge in [0.2, 0.25) is 0 Å². The Morgan fingerprint density at radius 1 is 1.34 bits per heavy atom. The number of aromatic nitrogens is 1. The molecule has 2 rings (SSSR count). The molecule has 29 heavy (non-hydrogen) atoms. The molecule has 1 aliphatic rings. The van der Waals surface area contributed by atoms with E-state index in [4.69, 9.17) is 16.0 Å². The standard InChI is InChI=1S/C21H38N6OS/c1-15(24-3)4-5-19(29)6-7-20(23)21-14-18(28-26-21)8-11-25-17-9-12-27(13-10-17)16(2)22/h14,17,19-20,24-25,29H,1-2,4-13,22-23H2,3H3/t19-,20-/m0/s1. The quantitative estimate of drug-likeness (QED) is 0.311. The number of allylic oxidation sites excluding steroid dienone is 1. The summed E-state index contributed by atoms with van der Waals surface area (Å²) >= 11 is 4.66. The van der Waals surface area contributed by atoms with Crippen LogP contribution in [0.4, 0.5) is 0 Å². The van der Waals surface area contributed by atoms with Crippen molar-refractivity contribution in [2.75, 3.05) is 26.7 Å². The van der Waals surface area contributed by atoms with E-state index in [1.807, 2.05) is 13.1 Å². The number of nitrogens with two attached hydrogens (primary N) is 2. The lowest BCUT2D eigenvalue weighted by molar-refractivity contribution is 0.240. The fourth-order valence-corrected chi connectivity index (χ4v) is 3.80. The zero-order valence-corrected chi connectivity index (χ0v) is 18.6. The highest BCUT2D eigenvalue weighted by Gasteiger charge is 2.19. The fraction of sp³-hybridized carbons (Fsp3) is 0.667. The van der Waals surface area contributed by atoms with Gasteiger partial charge in [0.05, 0.1) is 11.9 Å². The second-order valence-electron chi connectivity index (χ2n) is 7.90. The summed E-state index contributed by atoms with van der Waals surface area (Å²) in [5.41, 5.74) is 13.9. The van der Waals surface area contributed by atoms with Gasteiger partial charge in [0.15, 0.2) is 0 Å². The Labute approximate surface area is 180 Å². The van der Waals surface area contributed by atoms with Crippen LogP contribution < -0.4 is 22.1 Å². The summed E-state index contributed by atoms with van der Waals surface area (Å²) in [5, 5.41) is 11.1. The summed E-state index contributed by atoms with van der Waals surface area (Å²) < 4.78 is 5.48. The van der Waals surface area contributed by atoms with Crippen LogP contribution in [-0.2, 0) is 6.42 Å². The zero-order valence-electron chi connectivity index (χ0n) is 17.7. The SMILES string of the molecule is C=C(CC[C@H](S)CC[C@H](N)c1cc(CCNC2CCN(C(=C)N)CC2)on1)NC. The molecular weight excluding hydrogens is 384 g/mol. The molecule has 2 heterocycles. The predicted octanol–water partition coefficient (Wildman–Crippen LogP) is 2.29. The molecule has 1 saturated heterocycles. The van der Waals surface area contributed by atoms with Crippen molar-refractivity contribution < 1.29 is 4.52 Å². The van der Waals surface area contributed by atoms with Crippen molar-refractivity contribution in [3.63, 3.8) is 0 Å². The van der Waals surface area contributed by atoms with E-state index in [0.29, 0.717) is 17.1 Å². The molecule has 1 aromatic heterocycles. The van der Waals surface area contributed by atoms with Crippen LogP contribution >= 0.6 is 12.6 Å². The average molecular weight is 423 g/mol. The Kier molecular flexibility index (Phi) is 9.90. The lowest BCUT2D eigenvalue weighted by Crippen LogP contribution is -2.43. The first-order valence-corrected chi connectivity index (χ1v) is 11.1. The molecule has 0 amide bonds. The first kappa shape index (κ1) is 23.6. The van der Waals surface area contributed by atoms with Crippen LogP contribution in [0.5, 0.6) is 0 Å². The van der Waals surface area contributed by atoms with Crippen molar-refractivity contribution in [2.24, 2.45) is 11.5 Å². The van der Waals surface area contributed by atoms with Gasteiger partial charge in [-0.3, -0.25) is 0 Å². The topological polar surface area (TPSA) is 105 Å². The number of rotatable bonds is 13. The van der Waals surface area contributed by atoms with E-state index in [2.05, 4.69) is 46.5 Å². The molecule has 7 nitrogen and oxygen atoms in total. The number of likely N-dealkylation sites (tertiary alicyclic amines) is 1. The molecule has 2 atom stereocenters. The molecule has 8 heteroatoms. The highest BCUT2D eigenvalue weighted by molar-refractivity contribution is 7.80. The van der Waals surface area contributed by atoms with Gasteiger partial charge in [0.25, 0.3) is 0 Å². The van der Waals surface area contributed by atoms with E-state index in [9.17, 15) is 0 Å².